The van der Waals surface area contributed by atoms with Gasteiger partial charge in [-0.2, -0.15) is 5.26 Å². The Morgan fingerprint density at radius 2 is 1.91 bits per heavy atom. The van der Waals surface area contributed by atoms with E-state index in [1.165, 1.54) is 6.07 Å². The van der Waals surface area contributed by atoms with Gasteiger partial charge in [-0.15, -0.1) is 0 Å². The molecule has 1 unspecified atom stereocenters. The zero-order valence-corrected chi connectivity index (χ0v) is 12.3. The van der Waals surface area contributed by atoms with Crippen LogP contribution in [0.5, 0.6) is 0 Å². The van der Waals surface area contributed by atoms with Crippen LogP contribution >= 0.6 is 0 Å². The Morgan fingerprint density at radius 1 is 1.23 bits per heavy atom. The third kappa shape index (κ3) is 4.14. The fourth-order valence-electron chi connectivity index (χ4n) is 2.19. The SMILES string of the molecule is C[NH+](CC(=O)Nc1ccccc1C#N)Cc1ccccc1F. The molecule has 0 aliphatic carbocycles. The van der Waals surface area contributed by atoms with Crippen LogP contribution in [-0.2, 0) is 11.3 Å². The van der Waals surface area contributed by atoms with Crippen molar-refractivity contribution < 1.29 is 14.1 Å². The highest BCUT2D eigenvalue weighted by Crippen LogP contribution is 2.12. The van der Waals surface area contributed by atoms with Crippen molar-refractivity contribution in [2.45, 2.75) is 6.54 Å². The number of amides is 1. The van der Waals surface area contributed by atoms with E-state index in [4.69, 9.17) is 5.26 Å². The topological polar surface area (TPSA) is 57.3 Å². The highest BCUT2D eigenvalue weighted by atomic mass is 19.1. The second kappa shape index (κ2) is 7.34. The predicted octanol–water partition coefficient (Wildman–Crippen LogP) is 1.35. The first-order valence-electron chi connectivity index (χ1n) is 6.94. The van der Waals surface area contributed by atoms with E-state index in [0.29, 0.717) is 23.4 Å². The summed E-state index contributed by atoms with van der Waals surface area (Å²) >= 11 is 0. The molecule has 0 aromatic heterocycles. The minimum absolute atomic E-state index is 0.189. The van der Waals surface area contributed by atoms with E-state index in [2.05, 4.69) is 5.32 Å². The van der Waals surface area contributed by atoms with Gasteiger partial charge >= 0.3 is 0 Å². The number of quaternary nitrogens is 1. The van der Waals surface area contributed by atoms with Crippen molar-refractivity contribution in [3.63, 3.8) is 0 Å². The first-order chi connectivity index (χ1) is 10.6. The van der Waals surface area contributed by atoms with Gasteiger partial charge in [0.2, 0.25) is 0 Å². The second-order valence-electron chi connectivity index (χ2n) is 5.11. The molecule has 1 atom stereocenters. The van der Waals surface area contributed by atoms with Gasteiger partial charge in [-0.1, -0.05) is 30.3 Å². The minimum Gasteiger partial charge on any atom is -0.326 e. The van der Waals surface area contributed by atoms with Crippen molar-refractivity contribution in [3.05, 3.63) is 65.5 Å². The molecule has 0 heterocycles. The van der Waals surface area contributed by atoms with Crippen LogP contribution in [0.15, 0.2) is 48.5 Å². The van der Waals surface area contributed by atoms with Gasteiger partial charge in [0.1, 0.15) is 18.4 Å². The minimum atomic E-state index is -0.267. The Morgan fingerprint density at radius 3 is 2.64 bits per heavy atom. The van der Waals surface area contributed by atoms with Gasteiger partial charge in [0, 0.05) is 5.56 Å². The van der Waals surface area contributed by atoms with E-state index in [1.807, 2.05) is 13.1 Å². The lowest BCUT2D eigenvalue weighted by atomic mass is 10.2. The van der Waals surface area contributed by atoms with E-state index >= 15 is 0 Å². The Balaban J connectivity index is 1.95. The number of nitrogens with zero attached hydrogens (tertiary/aromatic N) is 1. The Bertz CT molecular complexity index is 709. The molecule has 2 N–H and O–H groups in total. The maximum Gasteiger partial charge on any atom is 0.279 e. The number of carbonyl (C=O) groups excluding carboxylic acids is 1. The van der Waals surface area contributed by atoms with Crippen molar-refractivity contribution in [1.82, 2.24) is 0 Å². The first-order valence-corrected chi connectivity index (χ1v) is 6.94. The summed E-state index contributed by atoms with van der Waals surface area (Å²) in [7, 11) is 1.82. The summed E-state index contributed by atoms with van der Waals surface area (Å²) in [6, 6.07) is 15.4. The molecule has 2 aromatic rings. The molecule has 0 aliphatic heterocycles. The lowest BCUT2D eigenvalue weighted by Gasteiger charge is -2.14. The molecule has 0 bridgehead atoms. The molecule has 0 spiro atoms. The summed E-state index contributed by atoms with van der Waals surface area (Å²) in [6.45, 7) is 0.605. The zero-order valence-electron chi connectivity index (χ0n) is 12.3. The zero-order chi connectivity index (χ0) is 15.9. The molecule has 22 heavy (non-hydrogen) atoms. The summed E-state index contributed by atoms with van der Waals surface area (Å²) in [5.74, 6) is -0.478. The van der Waals surface area contributed by atoms with Gasteiger partial charge < -0.3 is 10.2 Å². The molecule has 0 saturated carbocycles. The Labute approximate surface area is 128 Å². The number of hydrogen-bond acceptors (Lipinski definition) is 2. The summed E-state index contributed by atoms with van der Waals surface area (Å²) in [5, 5.41) is 11.7. The standard InChI is InChI=1S/C17H16FN3O/c1-21(11-14-7-2-4-8-15(14)18)12-17(22)20-16-9-5-3-6-13(16)10-19/h2-9H,11-12H2,1H3,(H,20,22)/p+1. The summed E-state index contributed by atoms with van der Waals surface area (Å²) in [5.41, 5.74) is 1.49. The van der Waals surface area contributed by atoms with Crippen LogP contribution < -0.4 is 10.2 Å². The molecule has 0 aliphatic rings. The maximum atomic E-state index is 13.6. The monoisotopic (exact) mass is 298 g/mol. The molecule has 4 nitrogen and oxygen atoms in total. The third-order valence-electron chi connectivity index (χ3n) is 3.23. The quantitative estimate of drug-likeness (QED) is 0.875. The number of likely N-dealkylation sites (N-methyl/N-ethyl adjacent to an activating group) is 1. The van der Waals surface area contributed by atoms with Gasteiger partial charge in [0.05, 0.1) is 18.3 Å². The Kier molecular flexibility index (Phi) is 5.23. The summed E-state index contributed by atoms with van der Waals surface area (Å²) in [4.78, 5) is 12.9. The normalized spacial score (nSPS) is 11.5. The summed E-state index contributed by atoms with van der Waals surface area (Å²) in [6.07, 6.45) is 0. The fourth-order valence-corrected chi connectivity index (χ4v) is 2.19. The predicted molar refractivity (Wildman–Crippen MR) is 81.6 cm³/mol. The van der Waals surface area contributed by atoms with Crippen LogP contribution in [-0.4, -0.2) is 19.5 Å². The molecule has 0 saturated heterocycles. The van der Waals surface area contributed by atoms with Crippen molar-refractivity contribution >= 4 is 11.6 Å². The van der Waals surface area contributed by atoms with Crippen molar-refractivity contribution in [2.75, 3.05) is 18.9 Å². The Hall–Kier alpha value is -2.71. The molecule has 112 valence electrons. The number of nitrogens with one attached hydrogen (secondary N) is 2. The number of nitriles is 1. The molecular weight excluding hydrogens is 281 g/mol. The van der Waals surface area contributed by atoms with Crippen LogP contribution in [0.3, 0.4) is 0 Å². The number of halogens is 1. The van der Waals surface area contributed by atoms with Crippen LogP contribution in [0.1, 0.15) is 11.1 Å². The number of para-hydroxylation sites is 1. The van der Waals surface area contributed by atoms with Crippen LogP contribution in [0.2, 0.25) is 0 Å². The highest BCUT2D eigenvalue weighted by molar-refractivity contribution is 5.92. The molecule has 0 radical (unpaired) electrons. The van der Waals surface area contributed by atoms with Crippen molar-refractivity contribution in [3.8, 4) is 6.07 Å². The lowest BCUT2D eigenvalue weighted by molar-refractivity contribution is -0.885. The van der Waals surface area contributed by atoms with Crippen LogP contribution in [0, 0.1) is 17.1 Å². The van der Waals surface area contributed by atoms with Crippen molar-refractivity contribution in [2.24, 2.45) is 0 Å². The van der Waals surface area contributed by atoms with Gasteiger partial charge in [0.15, 0.2) is 6.54 Å². The number of hydrogen-bond donors (Lipinski definition) is 2. The lowest BCUT2D eigenvalue weighted by Crippen LogP contribution is -3.08. The highest BCUT2D eigenvalue weighted by Gasteiger charge is 2.14. The number of anilines is 1. The summed E-state index contributed by atoms with van der Waals surface area (Å²) < 4.78 is 13.6. The maximum absolute atomic E-state index is 13.6. The van der Waals surface area contributed by atoms with E-state index in [9.17, 15) is 9.18 Å². The molecule has 1 amide bonds. The smallest absolute Gasteiger partial charge is 0.279 e. The average Bonchev–Trinajstić information content (AvgIpc) is 2.50. The molecular formula is C17H17FN3O+. The van der Waals surface area contributed by atoms with Crippen LogP contribution in [0.4, 0.5) is 10.1 Å². The van der Waals surface area contributed by atoms with Gasteiger partial charge in [0.25, 0.3) is 5.91 Å². The molecule has 2 rings (SSSR count). The van der Waals surface area contributed by atoms with Gasteiger partial charge in [-0.3, -0.25) is 4.79 Å². The van der Waals surface area contributed by atoms with Gasteiger partial charge in [-0.05, 0) is 18.2 Å². The van der Waals surface area contributed by atoms with E-state index < -0.39 is 0 Å². The van der Waals surface area contributed by atoms with E-state index in [0.717, 1.165) is 4.90 Å². The second-order valence-corrected chi connectivity index (χ2v) is 5.11. The van der Waals surface area contributed by atoms with E-state index in [1.54, 1.807) is 42.5 Å². The number of rotatable bonds is 5. The van der Waals surface area contributed by atoms with Crippen LogP contribution in [0.25, 0.3) is 0 Å². The molecule has 2 aromatic carbocycles. The van der Waals surface area contributed by atoms with Gasteiger partial charge in [-0.25, -0.2) is 4.39 Å². The number of carbonyl (C=O) groups is 1. The average molecular weight is 298 g/mol. The first kappa shape index (κ1) is 15.7. The van der Waals surface area contributed by atoms with Crippen molar-refractivity contribution in [1.29, 1.82) is 5.26 Å². The fraction of sp³-hybridized carbons (Fsp3) is 0.176. The largest absolute Gasteiger partial charge is 0.326 e. The van der Waals surface area contributed by atoms with E-state index in [-0.39, 0.29) is 18.3 Å². The number of benzene rings is 2. The third-order valence-corrected chi connectivity index (χ3v) is 3.23. The molecule has 5 heteroatoms. The molecule has 0 fully saturated rings.